The molecule has 1 fully saturated rings. The van der Waals surface area contributed by atoms with E-state index >= 15 is 0 Å². The molecule has 0 saturated carbocycles. The number of unbranched alkanes of at least 4 members (excludes halogenated alkanes) is 1. The first-order valence-corrected chi connectivity index (χ1v) is 9.19. The number of aliphatic imine (C=N–C) groups is 1. The molecule has 1 aliphatic heterocycles. The number of furan rings is 1. The van der Waals surface area contributed by atoms with Crippen LogP contribution in [0.1, 0.15) is 38.4 Å². The lowest BCUT2D eigenvalue weighted by molar-refractivity contribution is 0.505. The third-order valence-corrected chi connectivity index (χ3v) is 4.74. The molecule has 118 valence electrons. The summed E-state index contributed by atoms with van der Waals surface area (Å²) in [7, 11) is 0. The molecule has 1 atom stereocenters. The van der Waals surface area contributed by atoms with Gasteiger partial charge >= 0.3 is 0 Å². The second-order valence-corrected chi connectivity index (χ2v) is 6.55. The van der Waals surface area contributed by atoms with Gasteiger partial charge in [-0.05, 0) is 37.1 Å². The van der Waals surface area contributed by atoms with Crippen molar-refractivity contribution in [2.45, 2.75) is 45.1 Å². The van der Waals surface area contributed by atoms with Crippen LogP contribution in [-0.4, -0.2) is 36.6 Å². The molecule has 0 radical (unpaired) electrons. The van der Waals surface area contributed by atoms with Gasteiger partial charge in [-0.1, -0.05) is 13.3 Å². The van der Waals surface area contributed by atoms with E-state index in [0.29, 0.717) is 6.04 Å². The van der Waals surface area contributed by atoms with Gasteiger partial charge in [-0.3, -0.25) is 4.99 Å². The molecule has 2 N–H and O–H groups in total. The molecule has 1 aliphatic rings. The van der Waals surface area contributed by atoms with Gasteiger partial charge in [0.05, 0.1) is 6.26 Å². The highest BCUT2D eigenvalue weighted by Gasteiger charge is 2.14. The van der Waals surface area contributed by atoms with Crippen molar-refractivity contribution in [3.05, 3.63) is 24.2 Å². The van der Waals surface area contributed by atoms with E-state index in [1.165, 1.54) is 30.8 Å². The zero-order chi connectivity index (χ0) is 14.8. The monoisotopic (exact) mass is 309 g/mol. The smallest absolute Gasteiger partial charge is 0.191 e. The maximum absolute atomic E-state index is 5.36. The number of hydrogen-bond acceptors (Lipinski definition) is 3. The van der Waals surface area contributed by atoms with Crippen LogP contribution in [0.5, 0.6) is 0 Å². The highest BCUT2D eigenvalue weighted by atomic mass is 32.2. The Balaban J connectivity index is 1.77. The Morgan fingerprint density at radius 2 is 2.48 bits per heavy atom. The van der Waals surface area contributed by atoms with Gasteiger partial charge in [0.15, 0.2) is 5.96 Å². The zero-order valence-corrected chi connectivity index (χ0v) is 13.8. The number of guanidine groups is 1. The van der Waals surface area contributed by atoms with Crippen molar-refractivity contribution in [2.75, 3.05) is 24.6 Å². The fraction of sp³-hybridized carbons (Fsp3) is 0.688. The van der Waals surface area contributed by atoms with Crippen LogP contribution >= 0.6 is 11.8 Å². The van der Waals surface area contributed by atoms with E-state index in [1.807, 2.05) is 23.9 Å². The van der Waals surface area contributed by atoms with Crippen molar-refractivity contribution < 1.29 is 4.42 Å². The van der Waals surface area contributed by atoms with Crippen molar-refractivity contribution in [2.24, 2.45) is 4.99 Å². The van der Waals surface area contributed by atoms with E-state index in [1.54, 1.807) is 6.26 Å². The molecule has 0 aliphatic carbocycles. The lowest BCUT2D eigenvalue weighted by atomic mass is 10.2. The van der Waals surface area contributed by atoms with Crippen LogP contribution in [0.2, 0.25) is 0 Å². The van der Waals surface area contributed by atoms with Crippen LogP contribution in [0.25, 0.3) is 0 Å². The molecule has 0 amide bonds. The number of nitrogens with zero attached hydrogens (tertiary/aromatic N) is 1. The number of rotatable bonds is 7. The van der Waals surface area contributed by atoms with Crippen molar-refractivity contribution in [3.8, 4) is 0 Å². The lowest BCUT2D eigenvalue weighted by Crippen LogP contribution is -2.46. The number of hydrogen-bond donors (Lipinski definition) is 2. The Morgan fingerprint density at radius 1 is 1.52 bits per heavy atom. The van der Waals surface area contributed by atoms with Gasteiger partial charge in [-0.15, -0.1) is 0 Å². The van der Waals surface area contributed by atoms with E-state index in [-0.39, 0.29) is 0 Å². The normalized spacial score (nSPS) is 19.5. The minimum atomic E-state index is 0.556. The van der Waals surface area contributed by atoms with E-state index in [0.717, 1.165) is 37.7 Å². The van der Waals surface area contributed by atoms with E-state index < -0.39 is 0 Å². The average Bonchev–Trinajstić information content (AvgIpc) is 3.02. The summed E-state index contributed by atoms with van der Waals surface area (Å²) in [5.74, 6) is 4.46. The largest absolute Gasteiger partial charge is 0.469 e. The SMILES string of the molecule is CCCCN=C(NCCc1ccco1)NC1CCCSC1. The minimum absolute atomic E-state index is 0.556. The molecule has 1 saturated heterocycles. The highest BCUT2D eigenvalue weighted by Crippen LogP contribution is 2.16. The average molecular weight is 309 g/mol. The molecule has 0 aromatic carbocycles. The second-order valence-electron chi connectivity index (χ2n) is 5.40. The second kappa shape index (κ2) is 9.77. The van der Waals surface area contributed by atoms with Gasteiger partial charge in [0.1, 0.15) is 5.76 Å². The van der Waals surface area contributed by atoms with Crippen molar-refractivity contribution >= 4 is 17.7 Å². The third-order valence-electron chi connectivity index (χ3n) is 3.53. The van der Waals surface area contributed by atoms with Crippen molar-refractivity contribution in [1.29, 1.82) is 0 Å². The Morgan fingerprint density at radius 3 is 3.19 bits per heavy atom. The standard InChI is InChI=1S/C16H27N3OS/c1-2-3-9-17-16(19-14-6-5-12-21-13-14)18-10-8-15-7-4-11-20-15/h4,7,11,14H,2-3,5-6,8-10,12-13H2,1H3,(H2,17,18,19). The molecule has 1 aromatic rings. The maximum atomic E-state index is 5.36. The molecule has 0 bridgehead atoms. The summed E-state index contributed by atoms with van der Waals surface area (Å²) in [5.41, 5.74) is 0. The lowest BCUT2D eigenvalue weighted by Gasteiger charge is -2.24. The Hall–Kier alpha value is -1.10. The summed E-state index contributed by atoms with van der Waals surface area (Å²) >= 11 is 2.03. The van der Waals surface area contributed by atoms with E-state index in [9.17, 15) is 0 Å². The van der Waals surface area contributed by atoms with Crippen LogP contribution in [-0.2, 0) is 6.42 Å². The van der Waals surface area contributed by atoms with Crippen LogP contribution < -0.4 is 10.6 Å². The fourth-order valence-electron chi connectivity index (χ4n) is 2.31. The summed E-state index contributed by atoms with van der Waals surface area (Å²) in [4.78, 5) is 4.68. The topological polar surface area (TPSA) is 49.6 Å². The molecule has 2 heterocycles. The van der Waals surface area contributed by atoms with Crippen molar-refractivity contribution in [3.63, 3.8) is 0 Å². The maximum Gasteiger partial charge on any atom is 0.191 e. The number of thioether (sulfide) groups is 1. The predicted molar refractivity (Wildman–Crippen MR) is 91.1 cm³/mol. The van der Waals surface area contributed by atoms with Crippen molar-refractivity contribution in [1.82, 2.24) is 10.6 Å². The molecular formula is C16H27N3OS. The molecule has 21 heavy (non-hydrogen) atoms. The van der Waals surface area contributed by atoms with Crippen LogP contribution in [0, 0.1) is 0 Å². The summed E-state index contributed by atoms with van der Waals surface area (Å²) < 4.78 is 5.36. The van der Waals surface area contributed by atoms with Gasteiger partial charge < -0.3 is 15.1 Å². The highest BCUT2D eigenvalue weighted by molar-refractivity contribution is 7.99. The van der Waals surface area contributed by atoms with E-state index in [2.05, 4.69) is 22.5 Å². The van der Waals surface area contributed by atoms with Crippen LogP contribution in [0.3, 0.4) is 0 Å². The molecular weight excluding hydrogens is 282 g/mol. The van der Waals surface area contributed by atoms with Crippen LogP contribution in [0.4, 0.5) is 0 Å². The molecule has 2 rings (SSSR count). The third kappa shape index (κ3) is 6.46. The molecule has 0 spiro atoms. The first-order chi connectivity index (χ1) is 10.4. The summed E-state index contributed by atoms with van der Waals surface area (Å²) in [6.07, 6.45) is 7.49. The van der Waals surface area contributed by atoms with Gasteiger partial charge in [-0.25, -0.2) is 0 Å². The van der Waals surface area contributed by atoms with Gasteiger partial charge in [0, 0.05) is 31.3 Å². The minimum Gasteiger partial charge on any atom is -0.469 e. The molecule has 1 unspecified atom stereocenters. The van der Waals surface area contributed by atoms with E-state index in [4.69, 9.17) is 4.42 Å². The fourth-order valence-corrected chi connectivity index (χ4v) is 3.38. The Bertz CT molecular complexity index is 400. The van der Waals surface area contributed by atoms with Crippen LogP contribution in [0.15, 0.2) is 27.8 Å². The summed E-state index contributed by atoms with van der Waals surface area (Å²) in [5, 5.41) is 7.02. The Labute approximate surface area is 132 Å². The predicted octanol–water partition coefficient (Wildman–Crippen LogP) is 3.05. The van der Waals surface area contributed by atoms with Gasteiger partial charge in [0.2, 0.25) is 0 Å². The summed E-state index contributed by atoms with van der Waals surface area (Å²) in [6.45, 7) is 3.95. The van der Waals surface area contributed by atoms with Gasteiger partial charge in [-0.2, -0.15) is 11.8 Å². The summed E-state index contributed by atoms with van der Waals surface area (Å²) in [6, 6.07) is 4.50. The first-order valence-electron chi connectivity index (χ1n) is 8.03. The molecule has 5 heteroatoms. The van der Waals surface area contributed by atoms with Gasteiger partial charge in [0.25, 0.3) is 0 Å². The molecule has 4 nitrogen and oxygen atoms in total. The molecule has 1 aromatic heterocycles. The quantitative estimate of drug-likeness (QED) is 0.462. The first kappa shape index (κ1) is 16.3. The zero-order valence-electron chi connectivity index (χ0n) is 12.9. The number of nitrogens with one attached hydrogen (secondary N) is 2. The Kier molecular flexibility index (Phi) is 7.57.